The van der Waals surface area contributed by atoms with Gasteiger partial charge in [-0.05, 0) is 72.0 Å². The molecule has 0 spiro atoms. The lowest BCUT2D eigenvalue weighted by molar-refractivity contribution is 0.496. The first-order valence-corrected chi connectivity index (χ1v) is 8.30. The molecule has 1 unspecified atom stereocenters. The summed E-state index contributed by atoms with van der Waals surface area (Å²) in [6.45, 7) is 1.00. The number of hydrogen-bond acceptors (Lipinski definition) is 2. The molecule has 0 aliphatic carbocycles. The Morgan fingerprint density at radius 3 is 2.63 bits per heavy atom. The van der Waals surface area contributed by atoms with Gasteiger partial charge in [0.2, 0.25) is 0 Å². The van der Waals surface area contributed by atoms with E-state index >= 15 is 0 Å². The molecule has 102 valence electrons. The quantitative estimate of drug-likeness (QED) is 0.783. The molecule has 1 N–H and O–H groups in total. The largest absolute Gasteiger partial charge is 0.319 e. The van der Waals surface area contributed by atoms with E-state index in [2.05, 4.69) is 45.5 Å². The zero-order valence-corrected chi connectivity index (χ0v) is 14.0. The maximum absolute atomic E-state index is 6.25. The van der Waals surface area contributed by atoms with Crippen LogP contribution < -0.4 is 5.32 Å². The van der Waals surface area contributed by atoms with E-state index in [9.17, 15) is 0 Å². The topological polar surface area (TPSA) is 12.0 Å². The van der Waals surface area contributed by atoms with E-state index in [1.807, 2.05) is 30.5 Å². The van der Waals surface area contributed by atoms with Gasteiger partial charge in [0.05, 0.1) is 3.79 Å². The number of hydrogen-bond donors (Lipinski definition) is 1. The number of halogens is 2. The highest BCUT2D eigenvalue weighted by Gasteiger charge is 2.13. The van der Waals surface area contributed by atoms with Crippen molar-refractivity contribution in [2.75, 3.05) is 13.6 Å². The van der Waals surface area contributed by atoms with E-state index < -0.39 is 0 Å². The van der Waals surface area contributed by atoms with Crippen molar-refractivity contribution in [1.82, 2.24) is 5.32 Å². The molecule has 1 aromatic carbocycles. The molecule has 0 aliphatic heterocycles. The summed E-state index contributed by atoms with van der Waals surface area (Å²) < 4.78 is 1.20. The smallest absolute Gasteiger partial charge is 0.0701 e. The Hall–Kier alpha value is -0.350. The first-order chi connectivity index (χ1) is 9.19. The molecular weight excluding hydrogens is 342 g/mol. The number of thiophene rings is 1. The number of rotatable bonds is 6. The molecular formula is C15H17BrClNS. The van der Waals surface area contributed by atoms with Crippen LogP contribution in [-0.4, -0.2) is 13.6 Å². The average Bonchev–Trinajstić information content (AvgIpc) is 2.78. The van der Waals surface area contributed by atoms with Crippen LogP contribution in [0.15, 0.2) is 40.2 Å². The van der Waals surface area contributed by atoms with Gasteiger partial charge >= 0.3 is 0 Å². The Balaban J connectivity index is 2.06. The van der Waals surface area contributed by atoms with Gasteiger partial charge in [0, 0.05) is 9.90 Å². The second-order valence-corrected chi connectivity index (χ2v) is 7.58. The Kier molecular flexibility index (Phi) is 5.89. The van der Waals surface area contributed by atoms with E-state index in [1.165, 1.54) is 14.2 Å². The third-order valence-corrected chi connectivity index (χ3v) is 5.09. The summed E-state index contributed by atoms with van der Waals surface area (Å²) >= 11 is 11.6. The molecule has 0 amide bonds. The Morgan fingerprint density at radius 1 is 1.21 bits per heavy atom. The van der Waals surface area contributed by atoms with Crippen molar-refractivity contribution < 1.29 is 0 Å². The van der Waals surface area contributed by atoms with Crippen LogP contribution in [0.3, 0.4) is 0 Å². The Morgan fingerprint density at radius 2 is 2.00 bits per heavy atom. The third kappa shape index (κ3) is 4.60. The highest BCUT2D eigenvalue weighted by molar-refractivity contribution is 9.11. The number of benzene rings is 1. The minimum atomic E-state index is 0.565. The summed E-state index contributed by atoms with van der Waals surface area (Å²) in [6, 6.07) is 12.4. The summed E-state index contributed by atoms with van der Waals surface area (Å²) in [6.07, 6.45) is 2.10. The van der Waals surface area contributed by atoms with Crippen LogP contribution >= 0.6 is 38.9 Å². The molecule has 1 atom stereocenters. The molecule has 0 saturated carbocycles. The van der Waals surface area contributed by atoms with E-state index in [0.717, 1.165) is 24.4 Å². The average molecular weight is 359 g/mol. The van der Waals surface area contributed by atoms with Gasteiger partial charge in [-0.25, -0.2) is 0 Å². The predicted octanol–water partition coefficient (Wildman–Crippen LogP) is 4.78. The van der Waals surface area contributed by atoms with Crippen LogP contribution in [0.2, 0.25) is 5.02 Å². The van der Waals surface area contributed by atoms with E-state index in [4.69, 9.17) is 11.6 Å². The fourth-order valence-electron chi connectivity index (χ4n) is 2.23. The second-order valence-electron chi connectivity index (χ2n) is 4.63. The summed E-state index contributed by atoms with van der Waals surface area (Å²) in [5, 5.41) is 4.16. The van der Waals surface area contributed by atoms with E-state index in [1.54, 1.807) is 0 Å². The highest BCUT2D eigenvalue weighted by atomic mass is 79.9. The van der Waals surface area contributed by atoms with Crippen LogP contribution in [0, 0.1) is 5.92 Å². The van der Waals surface area contributed by atoms with Gasteiger partial charge in [0.25, 0.3) is 0 Å². The minimum Gasteiger partial charge on any atom is -0.319 e. The van der Waals surface area contributed by atoms with Crippen LogP contribution in [0.25, 0.3) is 0 Å². The van der Waals surface area contributed by atoms with Gasteiger partial charge in [0.15, 0.2) is 0 Å². The fraction of sp³-hybridized carbons (Fsp3) is 0.333. The van der Waals surface area contributed by atoms with Crippen molar-refractivity contribution in [3.63, 3.8) is 0 Å². The van der Waals surface area contributed by atoms with E-state index in [-0.39, 0.29) is 0 Å². The van der Waals surface area contributed by atoms with Crippen LogP contribution in [0.5, 0.6) is 0 Å². The third-order valence-electron chi connectivity index (χ3n) is 3.08. The number of nitrogens with one attached hydrogen (secondary N) is 1. The van der Waals surface area contributed by atoms with Crippen molar-refractivity contribution >= 4 is 38.9 Å². The zero-order chi connectivity index (χ0) is 13.7. The van der Waals surface area contributed by atoms with Crippen LogP contribution in [-0.2, 0) is 12.8 Å². The SMILES string of the molecule is CNCC(Cc1ccc(Br)s1)Cc1ccccc1Cl. The minimum absolute atomic E-state index is 0.565. The molecule has 0 radical (unpaired) electrons. The highest BCUT2D eigenvalue weighted by Crippen LogP contribution is 2.26. The van der Waals surface area contributed by atoms with Gasteiger partial charge in [-0.1, -0.05) is 29.8 Å². The predicted molar refractivity (Wildman–Crippen MR) is 88.3 cm³/mol. The summed E-state index contributed by atoms with van der Waals surface area (Å²) in [4.78, 5) is 1.42. The Labute approximate surface area is 132 Å². The molecule has 2 aromatic rings. The second kappa shape index (κ2) is 7.44. The van der Waals surface area contributed by atoms with Crippen molar-refractivity contribution in [1.29, 1.82) is 0 Å². The maximum Gasteiger partial charge on any atom is 0.0701 e. The van der Waals surface area contributed by atoms with Crippen molar-refractivity contribution in [3.05, 3.63) is 55.6 Å². The van der Waals surface area contributed by atoms with Crippen molar-refractivity contribution in [2.45, 2.75) is 12.8 Å². The molecule has 2 rings (SSSR count). The van der Waals surface area contributed by atoms with Gasteiger partial charge in [-0.3, -0.25) is 0 Å². The molecule has 0 fully saturated rings. The van der Waals surface area contributed by atoms with Crippen molar-refractivity contribution in [2.24, 2.45) is 5.92 Å². The summed E-state index contributed by atoms with van der Waals surface area (Å²) in [5.74, 6) is 0.565. The lowest BCUT2D eigenvalue weighted by atomic mass is 9.95. The summed E-state index contributed by atoms with van der Waals surface area (Å²) in [7, 11) is 2.00. The first-order valence-electron chi connectivity index (χ1n) is 6.31. The molecule has 4 heteroatoms. The first kappa shape index (κ1) is 15.0. The van der Waals surface area contributed by atoms with Gasteiger partial charge < -0.3 is 5.32 Å². The molecule has 0 bridgehead atoms. The molecule has 1 nitrogen and oxygen atoms in total. The molecule has 0 aliphatic rings. The van der Waals surface area contributed by atoms with Crippen molar-refractivity contribution in [3.8, 4) is 0 Å². The van der Waals surface area contributed by atoms with Gasteiger partial charge in [-0.15, -0.1) is 11.3 Å². The zero-order valence-electron chi connectivity index (χ0n) is 10.8. The molecule has 1 heterocycles. The van der Waals surface area contributed by atoms with Crippen LogP contribution in [0.1, 0.15) is 10.4 Å². The maximum atomic E-state index is 6.25. The van der Waals surface area contributed by atoms with Gasteiger partial charge in [0.1, 0.15) is 0 Å². The Bertz CT molecular complexity index is 526. The lowest BCUT2D eigenvalue weighted by Crippen LogP contribution is -2.22. The standard InChI is InChI=1S/C15H17BrClNS/c1-18-10-11(9-13-6-7-15(16)19-13)8-12-4-2-3-5-14(12)17/h2-7,11,18H,8-10H2,1H3. The fourth-order valence-corrected chi connectivity index (χ4v) is 4.04. The normalized spacial score (nSPS) is 12.6. The lowest BCUT2D eigenvalue weighted by Gasteiger charge is -2.16. The molecule has 1 aromatic heterocycles. The van der Waals surface area contributed by atoms with E-state index in [0.29, 0.717) is 5.92 Å². The summed E-state index contributed by atoms with van der Waals surface area (Å²) in [5.41, 5.74) is 1.24. The molecule has 0 saturated heterocycles. The van der Waals surface area contributed by atoms with Gasteiger partial charge in [-0.2, -0.15) is 0 Å². The molecule has 19 heavy (non-hydrogen) atoms. The monoisotopic (exact) mass is 357 g/mol. The van der Waals surface area contributed by atoms with Crippen LogP contribution in [0.4, 0.5) is 0 Å².